The predicted molar refractivity (Wildman–Crippen MR) is 104 cm³/mol. The van der Waals surface area contributed by atoms with Crippen LogP contribution < -0.4 is 10.1 Å². The highest BCUT2D eigenvalue weighted by Gasteiger charge is 2.19. The van der Waals surface area contributed by atoms with Crippen LogP contribution in [0, 0.1) is 11.3 Å². The topological polar surface area (TPSA) is 102 Å². The second-order valence-corrected chi connectivity index (χ2v) is 6.69. The molecule has 0 spiro atoms. The first kappa shape index (κ1) is 18.7. The number of rotatable bonds is 7. The van der Waals surface area contributed by atoms with Crippen LogP contribution in [-0.2, 0) is 22.5 Å². The SMILES string of the molecule is N#Cc1ccc(Cn2ccc(NC(=O)Cc3ccc(OC4COC4)cc3)n2)nc1. The van der Waals surface area contributed by atoms with Gasteiger partial charge in [0, 0.05) is 18.5 Å². The zero-order chi connectivity index (χ0) is 20.1. The summed E-state index contributed by atoms with van der Waals surface area (Å²) < 4.78 is 12.5. The van der Waals surface area contributed by atoms with Crippen LogP contribution >= 0.6 is 0 Å². The van der Waals surface area contributed by atoms with E-state index in [0.717, 1.165) is 17.0 Å². The van der Waals surface area contributed by atoms with Crippen LogP contribution in [0.25, 0.3) is 0 Å². The van der Waals surface area contributed by atoms with Gasteiger partial charge in [-0.25, -0.2) is 0 Å². The molecule has 29 heavy (non-hydrogen) atoms. The summed E-state index contributed by atoms with van der Waals surface area (Å²) in [5.74, 6) is 1.11. The Morgan fingerprint density at radius 3 is 2.72 bits per heavy atom. The van der Waals surface area contributed by atoms with E-state index in [-0.39, 0.29) is 18.4 Å². The molecule has 1 aliphatic heterocycles. The van der Waals surface area contributed by atoms with E-state index in [9.17, 15) is 4.79 Å². The molecule has 1 amide bonds. The van der Waals surface area contributed by atoms with Gasteiger partial charge in [-0.2, -0.15) is 10.4 Å². The van der Waals surface area contributed by atoms with Crippen molar-refractivity contribution in [2.75, 3.05) is 18.5 Å². The molecule has 3 aromatic rings. The fourth-order valence-electron chi connectivity index (χ4n) is 2.80. The maximum Gasteiger partial charge on any atom is 0.229 e. The van der Waals surface area contributed by atoms with E-state index >= 15 is 0 Å². The van der Waals surface area contributed by atoms with Gasteiger partial charge in [-0.1, -0.05) is 12.1 Å². The van der Waals surface area contributed by atoms with Gasteiger partial charge in [-0.15, -0.1) is 0 Å². The van der Waals surface area contributed by atoms with Crippen LogP contribution in [0.4, 0.5) is 5.82 Å². The van der Waals surface area contributed by atoms with Crippen LogP contribution in [0.3, 0.4) is 0 Å². The molecule has 0 aliphatic carbocycles. The van der Waals surface area contributed by atoms with E-state index in [1.54, 1.807) is 29.1 Å². The normalized spacial score (nSPS) is 13.3. The molecular weight excluding hydrogens is 370 g/mol. The van der Waals surface area contributed by atoms with Crippen molar-refractivity contribution >= 4 is 11.7 Å². The quantitative estimate of drug-likeness (QED) is 0.664. The number of nitriles is 1. The van der Waals surface area contributed by atoms with Gasteiger partial charge in [0.25, 0.3) is 0 Å². The lowest BCUT2D eigenvalue weighted by Gasteiger charge is -2.26. The molecule has 2 aromatic heterocycles. The third-order valence-electron chi connectivity index (χ3n) is 4.38. The number of carbonyl (C=O) groups is 1. The monoisotopic (exact) mass is 389 g/mol. The van der Waals surface area contributed by atoms with Crippen molar-refractivity contribution in [2.24, 2.45) is 0 Å². The molecule has 1 saturated heterocycles. The fourth-order valence-corrected chi connectivity index (χ4v) is 2.80. The minimum absolute atomic E-state index is 0.124. The minimum atomic E-state index is -0.146. The number of ether oxygens (including phenoxy) is 2. The third-order valence-corrected chi connectivity index (χ3v) is 4.38. The Balaban J connectivity index is 1.28. The molecule has 1 aromatic carbocycles. The lowest BCUT2D eigenvalue weighted by molar-refractivity contribution is -0.115. The average molecular weight is 389 g/mol. The van der Waals surface area contributed by atoms with Crippen LogP contribution in [0.15, 0.2) is 54.9 Å². The molecule has 0 bridgehead atoms. The molecular formula is C21H19N5O3. The fraction of sp³-hybridized carbons (Fsp3) is 0.238. The van der Waals surface area contributed by atoms with Gasteiger partial charge in [0.2, 0.25) is 5.91 Å². The van der Waals surface area contributed by atoms with Crippen molar-refractivity contribution in [1.29, 1.82) is 5.26 Å². The smallest absolute Gasteiger partial charge is 0.229 e. The van der Waals surface area contributed by atoms with Crippen LogP contribution in [0.1, 0.15) is 16.8 Å². The first-order chi connectivity index (χ1) is 14.2. The summed E-state index contributed by atoms with van der Waals surface area (Å²) in [6.07, 6.45) is 3.67. The molecule has 1 aliphatic rings. The van der Waals surface area contributed by atoms with Crippen molar-refractivity contribution in [3.05, 3.63) is 71.7 Å². The number of pyridine rings is 1. The number of hydrogen-bond acceptors (Lipinski definition) is 6. The standard InChI is InChI=1S/C21H19N5O3/c22-10-16-1-4-17(23-11-16)12-26-8-7-20(25-26)24-21(27)9-15-2-5-18(6-3-15)29-19-13-28-14-19/h1-8,11,19H,9,12-14H2,(H,24,25,27). The van der Waals surface area contributed by atoms with Gasteiger partial charge in [0.1, 0.15) is 17.9 Å². The Morgan fingerprint density at radius 2 is 2.07 bits per heavy atom. The molecule has 8 heteroatoms. The number of hydrogen-bond donors (Lipinski definition) is 1. The predicted octanol–water partition coefficient (Wildman–Crippen LogP) is 2.16. The molecule has 0 saturated carbocycles. The Kier molecular flexibility index (Phi) is 5.49. The van der Waals surface area contributed by atoms with Crippen molar-refractivity contribution < 1.29 is 14.3 Å². The van der Waals surface area contributed by atoms with Crippen LogP contribution in [0.5, 0.6) is 5.75 Å². The summed E-state index contributed by atoms with van der Waals surface area (Å²) >= 11 is 0. The second kappa shape index (κ2) is 8.54. The van der Waals surface area contributed by atoms with E-state index in [1.807, 2.05) is 30.3 Å². The zero-order valence-corrected chi connectivity index (χ0v) is 15.6. The average Bonchev–Trinajstić information content (AvgIpc) is 3.13. The third kappa shape index (κ3) is 4.97. The molecule has 4 rings (SSSR count). The highest BCUT2D eigenvalue weighted by Crippen LogP contribution is 2.17. The number of nitrogens with one attached hydrogen (secondary N) is 1. The molecule has 0 radical (unpaired) electrons. The highest BCUT2D eigenvalue weighted by molar-refractivity contribution is 5.91. The van der Waals surface area contributed by atoms with Gasteiger partial charge in [-0.3, -0.25) is 14.5 Å². The lowest BCUT2D eigenvalue weighted by Crippen LogP contribution is -2.38. The Bertz CT molecular complexity index is 1020. The summed E-state index contributed by atoms with van der Waals surface area (Å²) in [6, 6.07) is 14.7. The summed E-state index contributed by atoms with van der Waals surface area (Å²) in [5.41, 5.74) is 2.18. The molecule has 1 N–H and O–H groups in total. The van der Waals surface area contributed by atoms with E-state index in [4.69, 9.17) is 14.7 Å². The van der Waals surface area contributed by atoms with Gasteiger partial charge in [-0.05, 0) is 29.8 Å². The number of carbonyl (C=O) groups excluding carboxylic acids is 1. The van der Waals surface area contributed by atoms with Crippen molar-refractivity contribution in [3.63, 3.8) is 0 Å². The molecule has 0 unspecified atom stereocenters. The van der Waals surface area contributed by atoms with Crippen molar-refractivity contribution in [2.45, 2.75) is 19.1 Å². The van der Waals surface area contributed by atoms with Crippen molar-refractivity contribution in [1.82, 2.24) is 14.8 Å². The number of anilines is 1. The summed E-state index contributed by atoms with van der Waals surface area (Å²) in [6.45, 7) is 1.70. The van der Waals surface area contributed by atoms with Gasteiger partial charge in [0.15, 0.2) is 5.82 Å². The highest BCUT2D eigenvalue weighted by atomic mass is 16.6. The van der Waals surface area contributed by atoms with E-state index in [1.165, 1.54) is 6.20 Å². The Hall–Kier alpha value is -3.70. The van der Waals surface area contributed by atoms with Crippen LogP contribution in [0.2, 0.25) is 0 Å². The van der Waals surface area contributed by atoms with Gasteiger partial charge in [0.05, 0.1) is 37.4 Å². The molecule has 0 atom stereocenters. The molecule has 146 valence electrons. The second-order valence-electron chi connectivity index (χ2n) is 6.69. The zero-order valence-electron chi connectivity index (χ0n) is 15.6. The lowest BCUT2D eigenvalue weighted by atomic mass is 10.1. The number of benzene rings is 1. The van der Waals surface area contributed by atoms with Crippen molar-refractivity contribution in [3.8, 4) is 11.8 Å². The Morgan fingerprint density at radius 1 is 1.24 bits per heavy atom. The van der Waals surface area contributed by atoms with Gasteiger partial charge >= 0.3 is 0 Å². The Labute approximate surface area is 167 Å². The van der Waals surface area contributed by atoms with Gasteiger partial charge < -0.3 is 14.8 Å². The molecule has 3 heterocycles. The first-order valence-corrected chi connectivity index (χ1v) is 9.19. The maximum atomic E-state index is 12.3. The maximum absolute atomic E-state index is 12.3. The number of aromatic nitrogens is 3. The van der Waals surface area contributed by atoms with E-state index in [2.05, 4.69) is 15.4 Å². The number of amides is 1. The number of nitrogens with zero attached hydrogens (tertiary/aromatic N) is 4. The summed E-state index contributed by atoms with van der Waals surface area (Å²) in [4.78, 5) is 16.5. The van der Waals surface area contributed by atoms with E-state index in [0.29, 0.717) is 31.1 Å². The van der Waals surface area contributed by atoms with Crippen LogP contribution in [-0.4, -0.2) is 40.0 Å². The summed E-state index contributed by atoms with van der Waals surface area (Å²) in [5, 5.41) is 16.0. The summed E-state index contributed by atoms with van der Waals surface area (Å²) in [7, 11) is 0. The van der Waals surface area contributed by atoms with E-state index < -0.39 is 0 Å². The minimum Gasteiger partial charge on any atom is -0.486 e. The molecule has 1 fully saturated rings. The molecule has 8 nitrogen and oxygen atoms in total. The first-order valence-electron chi connectivity index (χ1n) is 9.19. The largest absolute Gasteiger partial charge is 0.486 e.